The second-order valence-electron chi connectivity index (χ2n) is 5.66. The average molecular weight is 342 g/mol. The Morgan fingerprint density at radius 3 is 2.48 bits per heavy atom. The number of halogens is 1. The van der Waals surface area contributed by atoms with Crippen LogP contribution in [-0.2, 0) is 12.8 Å². The maximum absolute atomic E-state index is 3.61. The van der Waals surface area contributed by atoms with Crippen LogP contribution in [0.4, 0.5) is 0 Å². The van der Waals surface area contributed by atoms with Gasteiger partial charge in [0.25, 0.3) is 0 Å². The van der Waals surface area contributed by atoms with Crippen molar-refractivity contribution in [2.45, 2.75) is 25.3 Å². The van der Waals surface area contributed by atoms with Crippen molar-refractivity contribution < 1.29 is 0 Å². The van der Waals surface area contributed by atoms with Crippen molar-refractivity contribution in [2.75, 3.05) is 6.54 Å². The fourth-order valence-electron chi connectivity index (χ4n) is 2.89. The Balaban J connectivity index is 1.60. The first kappa shape index (κ1) is 14.6. The molecule has 0 aliphatic carbocycles. The summed E-state index contributed by atoms with van der Waals surface area (Å²) in [7, 11) is 0. The summed E-state index contributed by atoms with van der Waals surface area (Å²) in [6.07, 6.45) is 5.67. The third kappa shape index (κ3) is 4.29. The van der Waals surface area contributed by atoms with Gasteiger partial charge in [-0.1, -0.05) is 70.0 Å². The van der Waals surface area contributed by atoms with Crippen LogP contribution in [0.2, 0.25) is 0 Å². The molecule has 0 aromatic heterocycles. The summed E-state index contributed by atoms with van der Waals surface area (Å²) in [6, 6.07) is 20.0. The summed E-state index contributed by atoms with van der Waals surface area (Å²) in [6.45, 7) is 0.989. The van der Waals surface area contributed by atoms with E-state index in [0.717, 1.165) is 30.3 Å². The third-order valence-corrected chi connectivity index (χ3v) is 4.50. The Bertz CT molecular complexity index is 601. The quantitative estimate of drug-likeness (QED) is 0.806. The van der Waals surface area contributed by atoms with Crippen LogP contribution in [-0.4, -0.2) is 12.6 Å². The van der Waals surface area contributed by atoms with Gasteiger partial charge in [-0.25, -0.2) is 0 Å². The molecule has 1 heterocycles. The molecule has 0 fully saturated rings. The highest BCUT2D eigenvalue weighted by Gasteiger charge is 2.15. The number of nitrogens with one attached hydrogen (secondary N) is 1. The zero-order valence-electron chi connectivity index (χ0n) is 12.1. The van der Waals surface area contributed by atoms with E-state index in [-0.39, 0.29) is 0 Å². The lowest BCUT2D eigenvalue weighted by Gasteiger charge is -2.24. The minimum atomic E-state index is 0.558. The summed E-state index contributed by atoms with van der Waals surface area (Å²) < 4.78 is 1.15. The molecular formula is C19H20BrN. The van der Waals surface area contributed by atoms with Gasteiger partial charge in [0.05, 0.1) is 0 Å². The predicted molar refractivity (Wildman–Crippen MR) is 92.5 cm³/mol. The highest BCUT2D eigenvalue weighted by Crippen LogP contribution is 2.20. The lowest BCUT2D eigenvalue weighted by Crippen LogP contribution is -2.35. The van der Waals surface area contributed by atoms with Gasteiger partial charge in [-0.2, -0.15) is 0 Å². The Labute approximate surface area is 135 Å². The van der Waals surface area contributed by atoms with E-state index < -0.39 is 0 Å². The summed E-state index contributed by atoms with van der Waals surface area (Å²) in [5.74, 6) is 0. The van der Waals surface area contributed by atoms with E-state index in [1.807, 2.05) is 0 Å². The smallest absolute Gasteiger partial charge is 0.0175 e. The van der Waals surface area contributed by atoms with E-state index in [0.29, 0.717) is 6.04 Å². The molecule has 1 aliphatic rings. The molecule has 3 rings (SSSR count). The van der Waals surface area contributed by atoms with Crippen LogP contribution in [0.3, 0.4) is 0 Å². The summed E-state index contributed by atoms with van der Waals surface area (Å²) in [4.78, 5) is 0. The van der Waals surface area contributed by atoms with E-state index in [9.17, 15) is 0 Å². The molecule has 0 bridgehead atoms. The van der Waals surface area contributed by atoms with Crippen molar-refractivity contribution in [3.8, 4) is 0 Å². The average Bonchev–Trinajstić information content (AvgIpc) is 2.51. The van der Waals surface area contributed by atoms with Gasteiger partial charge in [0.15, 0.2) is 0 Å². The van der Waals surface area contributed by atoms with E-state index >= 15 is 0 Å². The maximum Gasteiger partial charge on any atom is 0.0175 e. The van der Waals surface area contributed by atoms with E-state index in [2.05, 4.69) is 81.9 Å². The lowest BCUT2D eigenvalue weighted by molar-refractivity contribution is 0.506. The van der Waals surface area contributed by atoms with Gasteiger partial charge < -0.3 is 5.32 Å². The van der Waals surface area contributed by atoms with Crippen LogP contribution in [0.15, 0.2) is 70.7 Å². The van der Waals surface area contributed by atoms with Crippen LogP contribution in [0.5, 0.6) is 0 Å². The molecule has 21 heavy (non-hydrogen) atoms. The Morgan fingerprint density at radius 1 is 0.952 bits per heavy atom. The van der Waals surface area contributed by atoms with Crippen molar-refractivity contribution in [3.63, 3.8) is 0 Å². The highest BCUT2D eigenvalue weighted by atomic mass is 79.9. The number of benzene rings is 2. The normalized spacial score (nSPS) is 18.3. The first-order chi connectivity index (χ1) is 10.3. The van der Waals surface area contributed by atoms with Crippen molar-refractivity contribution in [2.24, 2.45) is 0 Å². The molecule has 0 radical (unpaired) electrons. The van der Waals surface area contributed by atoms with Gasteiger partial charge in [0.2, 0.25) is 0 Å². The molecule has 2 aromatic rings. The van der Waals surface area contributed by atoms with Crippen LogP contribution in [0.1, 0.15) is 17.5 Å². The lowest BCUT2D eigenvalue weighted by atomic mass is 9.92. The topological polar surface area (TPSA) is 12.0 Å². The number of rotatable bonds is 4. The summed E-state index contributed by atoms with van der Waals surface area (Å²) in [5, 5.41) is 3.61. The Morgan fingerprint density at radius 2 is 1.71 bits per heavy atom. The van der Waals surface area contributed by atoms with E-state index in [4.69, 9.17) is 0 Å². The minimum Gasteiger partial charge on any atom is -0.310 e. The standard InChI is InChI=1S/C19H20BrN/c20-18-8-6-16(7-9-18)12-17-10-11-21-19(14-17)13-15-4-2-1-3-5-15/h1-10,19,21H,11-14H2. The number of hydrogen-bond acceptors (Lipinski definition) is 1. The predicted octanol–water partition coefficient (Wildman–Crippen LogP) is 4.52. The third-order valence-electron chi connectivity index (χ3n) is 3.98. The molecule has 1 N–H and O–H groups in total. The second-order valence-corrected chi connectivity index (χ2v) is 6.58. The zero-order chi connectivity index (χ0) is 14.5. The summed E-state index contributed by atoms with van der Waals surface area (Å²) in [5.41, 5.74) is 4.36. The van der Waals surface area contributed by atoms with E-state index in [1.165, 1.54) is 11.1 Å². The maximum atomic E-state index is 3.61. The molecular weight excluding hydrogens is 322 g/mol. The van der Waals surface area contributed by atoms with Crippen LogP contribution >= 0.6 is 15.9 Å². The summed E-state index contributed by atoms with van der Waals surface area (Å²) >= 11 is 3.49. The molecule has 0 spiro atoms. The van der Waals surface area contributed by atoms with E-state index in [1.54, 1.807) is 5.57 Å². The first-order valence-electron chi connectivity index (χ1n) is 7.49. The van der Waals surface area contributed by atoms with Gasteiger partial charge in [-0.05, 0) is 42.5 Å². The number of hydrogen-bond donors (Lipinski definition) is 1. The minimum absolute atomic E-state index is 0.558. The molecule has 108 valence electrons. The second kappa shape index (κ2) is 7.06. The van der Waals surface area contributed by atoms with Gasteiger partial charge in [0, 0.05) is 17.1 Å². The fourth-order valence-corrected chi connectivity index (χ4v) is 3.16. The molecule has 1 unspecified atom stereocenters. The van der Waals surface area contributed by atoms with Crippen molar-refractivity contribution in [3.05, 3.63) is 81.8 Å². The highest BCUT2D eigenvalue weighted by molar-refractivity contribution is 9.10. The van der Waals surface area contributed by atoms with Gasteiger partial charge in [-0.15, -0.1) is 0 Å². The molecule has 0 saturated heterocycles. The van der Waals surface area contributed by atoms with Crippen LogP contribution in [0, 0.1) is 0 Å². The van der Waals surface area contributed by atoms with Gasteiger partial charge in [0.1, 0.15) is 0 Å². The first-order valence-corrected chi connectivity index (χ1v) is 8.28. The molecule has 1 nitrogen and oxygen atoms in total. The largest absolute Gasteiger partial charge is 0.310 e. The molecule has 1 aliphatic heterocycles. The van der Waals surface area contributed by atoms with Gasteiger partial charge >= 0.3 is 0 Å². The van der Waals surface area contributed by atoms with Crippen molar-refractivity contribution in [1.82, 2.24) is 5.32 Å². The molecule has 1 atom stereocenters. The monoisotopic (exact) mass is 341 g/mol. The van der Waals surface area contributed by atoms with Crippen molar-refractivity contribution in [1.29, 1.82) is 0 Å². The van der Waals surface area contributed by atoms with Crippen molar-refractivity contribution >= 4 is 15.9 Å². The Hall–Kier alpha value is -1.38. The SMILES string of the molecule is Brc1ccc(CC2=CCNC(Cc3ccccc3)C2)cc1. The molecule has 0 amide bonds. The zero-order valence-corrected chi connectivity index (χ0v) is 13.6. The van der Waals surface area contributed by atoms with Gasteiger partial charge in [-0.3, -0.25) is 0 Å². The molecule has 2 aromatic carbocycles. The molecule has 0 saturated carbocycles. The molecule has 2 heteroatoms. The fraction of sp³-hybridized carbons (Fsp3) is 0.263. The Kier molecular flexibility index (Phi) is 4.89. The van der Waals surface area contributed by atoms with Crippen LogP contribution in [0.25, 0.3) is 0 Å². The van der Waals surface area contributed by atoms with Crippen LogP contribution < -0.4 is 5.32 Å².